The fraction of sp³-hybridized carbons (Fsp3) is 0.350. The average Bonchev–Trinajstić information content (AvgIpc) is 3.26. The number of hydrogen-bond donors (Lipinski definition) is 0. The van der Waals surface area contributed by atoms with Crippen molar-refractivity contribution in [2.45, 2.75) is 39.7 Å². The van der Waals surface area contributed by atoms with E-state index in [0.717, 1.165) is 24.0 Å². The second-order valence-electron chi connectivity index (χ2n) is 6.85. The van der Waals surface area contributed by atoms with Crippen molar-refractivity contribution in [3.8, 4) is 11.5 Å². The third-order valence-corrected chi connectivity index (χ3v) is 5.81. The Bertz CT molecular complexity index is 944. The molecule has 2 heterocycles. The summed E-state index contributed by atoms with van der Waals surface area (Å²) in [5.74, 6) is 1.08. The summed E-state index contributed by atoms with van der Waals surface area (Å²) in [7, 11) is 0. The topological polar surface area (TPSA) is 65.2 Å². The second-order valence-corrected chi connectivity index (χ2v) is 7.99. The van der Waals surface area contributed by atoms with Gasteiger partial charge in [-0.1, -0.05) is 24.6 Å². The normalized spacial score (nSPS) is 16.3. The monoisotopic (exact) mass is 368 g/mol. The summed E-state index contributed by atoms with van der Waals surface area (Å²) in [6.07, 6.45) is 3.28. The Morgan fingerprint density at radius 1 is 1.35 bits per heavy atom. The maximum Gasteiger partial charge on any atom is 0.348 e. The smallest absolute Gasteiger partial charge is 0.348 e. The van der Waals surface area contributed by atoms with Gasteiger partial charge in [0.2, 0.25) is 5.89 Å². The summed E-state index contributed by atoms with van der Waals surface area (Å²) in [4.78, 5) is 14.3. The van der Waals surface area contributed by atoms with Gasteiger partial charge in [-0.05, 0) is 55.9 Å². The molecule has 0 bridgehead atoms. The van der Waals surface area contributed by atoms with Gasteiger partial charge in [-0.2, -0.15) is 0 Å². The minimum Gasteiger partial charge on any atom is -0.451 e. The van der Waals surface area contributed by atoms with Crippen LogP contribution in [0.25, 0.3) is 11.5 Å². The molecular weight excluding hydrogens is 348 g/mol. The molecule has 1 aliphatic rings. The van der Waals surface area contributed by atoms with E-state index in [1.807, 2.05) is 37.3 Å². The molecule has 4 rings (SSSR count). The van der Waals surface area contributed by atoms with Gasteiger partial charge in [-0.3, -0.25) is 0 Å². The lowest BCUT2D eigenvalue weighted by Gasteiger charge is -2.16. The summed E-state index contributed by atoms with van der Waals surface area (Å²) < 4.78 is 11.0. The number of aryl methyl sites for hydroxylation is 2. The van der Waals surface area contributed by atoms with Crippen LogP contribution in [0.5, 0.6) is 0 Å². The molecule has 134 valence electrons. The molecular formula is C20H20N2O3S. The zero-order chi connectivity index (χ0) is 18.1. The van der Waals surface area contributed by atoms with Gasteiger partial charge in [0.05, 0.1) is 0 Å². The molecule has 26 heavy (non-hydrogen) atoms. The Morgan fingerprint density at radius 3 is 3.08 bits per heavy atom. The number of rotatable bonds is 4. The van der Waals surface area contributed by atoms with Crippen LogP contribution in [0.15, 0.2) is 34.7 Å². The van der Waals surface area contributed by atoms with Gasteiger partial charge in [0.1, 0.15) is 4.88 Å². The van der Waals surface area contributed by atoms with Crippen molar-refractivity contribution in [3.05, 3.63) is 57.1 Å². The van der Waals surface area contributed by atoms with Gasteiger partial charge in [-0.25, -0.2) is 4.79 Å². The van der Waals surface area contributed by atoms with Crippen LogP contribution in [0.2, 0.25) is 0 Å². The van der Waals surface area contributed by atoms with Gasteiger partial charge in [0, 0.05) is 10.4 Å². The number of nitrogens with zero attached hydrogens (tertiary/aromatic N) is 2. The van der Waals surface area contributed by atoms with Crippen LogP contribution in [0.1, 0.15) is 44.9 Å². The molecule has 1 aliphatic carbocycles. The lowest BCUT2D eigenvalue weighted by molar-refractivity contribution is 0.0444. The number of thiophene rings is 1. The molecule has 0 N–H and O–H groups in total. The summed E-state index contributed by atoms with van der Waals surface area (Å²) in [6, 6.07) is 9.80. The van der Waals surface area contributed by atoms with Crippen LogP contribution >= 0.6 is 11.3 Å². The molecule has 0 saturated carbocycles. The molecule has 1 aromatic carbocycles. The lowest BCUT2D eigenvalue weighted by Crippen LogP contribution is -2.08. The van der Waals surface area contributed by atoms with E-state index in [2.05, 4.69) is 17.1 Å². The fourth-order valence-electron chi connectivity index (χ4n) is 3.21. The fourth-order valence-corrected chi connectivity index (χ4v) is 4.31. The van der Waals surface area contributed by atoms with Crippen molar-refractivity contribution >= 4 is 17.3 Å². The summed E-state index contributed by atoms with van der Waals surface area (Å²) >= 11 is 1.54. The maximum atomic E-state index is 12.3. The van der Waals surface area contributed by atoms with Crippen LogP contribution in [-0.2, 0) is 24.2 Å². The van der Waals surface area contributed by atoms with E-state index in [-0.39, 0.29) is 12.6 Å². The van der Waals surface area contributed by atoms with Crippen LogP contribution in [0, 0.1) is 12.8 Å². The largest absolute Gasteiger partial charge is 0.451 e. The third-order valence-electron chi connectivity index (χ3n) is 4.59. The summed E-state index contributed by atoms with van der Waals surface area (Å²) in [5, 5.41) is 8.01. The first kappa shape index (κ1) is 17.0. The number of carbonyl (C=O) groups excluding carboxylic acids is 1. The Kier molecular flexibility index (Phi) is 4.59. The number of esters is 1. The van der Waals surface area contributed by atoms with Gasteiger partial charge in [0.15, 0.2) is 6.61 Å². The quantitative estimate of drug-likeness (QED) is 0.630. The molecule has 0 unspecified atom stereocenters. The summed E-state index contributed by atoms with van der Waals surface area (Å²) in [5.41, 5.74) is 3.26. The molecule has 0 radical (unpaired) electrons. The van der Waals surface area contributed by atoms with Gasteiger partial charge < -0.3 is 9.15 Å². The molecule has 6 heteroatoms. The molecule has 0 aliphatic heterocycles. The number of fused-ring (bicyclic) bond motifs is 1. The molecule has 0 spiro atoms. The van der Waals surface area contributed by atoms with E-state index in [1.165, 1.54) is 16.9 Å². The molecule has 0 amide bonds. The number of ether oxygens (including phenoxy) is 1. The minimum atomic E-state index is -0.327. The van der Waals surface area contributed by atoms with E-state index in [9.17, 15) is 4.79 Å². The Morgan fingerprint density at radius 2 is 2.23 bits per heavy atom. The van der Waals surface area contributed by atoms with Crippen LogP contribution in [-0.4, -0.2) is 16.2 Å². The molecule has 0 saturated heterocycles. The predicted molar refractivity (Wildman–Crippen MR) is 99.1 cm³/mol. The lowest BCUT2D eigenvalue weighted by atomic mass is 9.90. The highest BCUT2D eigenvalue weighted by Gasteiger charge is 2.21. The Hall–Kier alpha value is -2.47. The first-order valence-electron chi connectivity index (χ1n) is 8.76. The zero-order valence-corrected chi connectivity index (χ0v) is 15.6. The molecule has 1 atom stereocenters. The van der Waals surface area contributed by atoms with E-state index in [0.29, 0.717) is 22.6 Å². The summed E-state index contributed by atoms with van der Waals surface area (Å²) in [6.45, 7) is 4.24. The number of benzene rings is 1. The van der Waals surface area contributed by atoms with Gasteiger partial charge in [0.25, 0.3) is 5.89 Å². The Labute approximate surface area is 156 Å². The number of carbonyl (C=O) groups is 1. The number of aromatic nitrogens is 2. The first-order valence-corrected chi connectivity index (χ1v) is 9.58. The maximum absolute atomic E-state index is 12.3. The standard InChI is InChI=1S/C20H20N2O3S/c1-12-4-3-5-14(8-12)19-22-21-18(25-19)11-24-20(23)17-10-15-9-13(2)6-7-16(15)26-17/h3-5,8,10,13H,6-7,9,11H2,1-2H3/t13-/m1/s1. The van der Waals surface area contributed by atoms with E-state index < -0.39 is 0 Å². The number of hydrogen-bond acceptors (Lipinski definition) is 6. The second kappa shape index (κ2) is 7.03. The van der Waals surface area contributed by atoms with Crippen LogP contribution in [0.3, 0.4) is 0 Å². The van der Waals surface area contributed by atoms with E-state index >= 15 is 0 Å². The highest BCUT2D eigenvalue weighted by atomic mass is 32.1. The van der Waals surface area contributed by atoms with Crippen LogP contribution in [0.4, 0.5) is 0 Å². The average molecular weight is 368 g/mol. The molecule has 2 aromatic heterocycles. The van der Waals surface area contributed by atoms with Crippen molar-refractivity contribution < 1.29 is 13.9 Å². The van der Waals surface area contributed by atoms with Crippen molar-refractivity contribution in [1.29, 1.82) is 0 Å². The van der Waals surface area contributed by atoms with Crippen molar-refractivity contribution in [1.82, 2.24) is 10.2 Å². The predicted octanol–water partition coefficient (Wildman–Crippen LogP) is 4.59. The van der Waals surface area contributed by atoms with E-state index in [4.69, 9.17) is 9.15 Å². The first-order chi connectivity index (χ1) is 12.6. The molecule has 5 nitrogen and oxygen atoms in total. The highest BCUT2D eigenvalue weighted by molar-refractivity contribution is 7.14. The van der Waals surface area contributed by atoms with E-state index in [1.54, 1.807) is 11.3 Å². The van der Waals surface area contributed by atoms with Crippen LogP contribution < -0.4 is 0 Å². The highest BCUT2D eigenvalue weighted by Crippen LogP contribution is 2.32. The van der Waals surface area contributed by atoms with Crippen molar-refractivity contribution in [2.75, 3.05) is 0 Å². The van der Waals surface area contributed by atoms with Gasteiger partial charge >= 0.3 is 5.97 Å². The SMILES string of the molecule is Cc1cccc(-c2nnc(COC(=O)c3cc4c(s3)CC[C@@H](C)C4)o2)c1. The minimum absolute atomic E-state index is 0.0172. The zero-order valence-electron chi connectivity index (χ0n) is 14.8. The molecule has 0 fully saturated rings. The van der Waals surface area contributed by atoms with Crippen molar-refractivity contribution in [2.24, 2.45) is 5.92 Å². The third kappa shape index (κ3) is 3.55. The Balaban J connectivity index is 1.41. The molecule has 3 aromatic rings. The van der Waals surface area contributed by atoms with Gasteiger partial charge in [-0.15, -0.1) is 21.5 Å². The van der Waals surface area contributed by atoms with Crippen molar-refractivity contribution in [3.63, 3.8) is 0 Å².